The Morgan fingerprint density at radius 2 is 1.50 bits per heavy atom. The predicted molar refractivity (Wildman–Crippen MR) is 103 cm³/mol. The molecule has 1 fully saturated rings. The molecule has 0 radical (unpaired) electrons. The van der Waals surface area contributed by atoms with Crippen LogP contribution >= 0.6 is 0 Å². The van der Waals surface area contributed by atoms with Crippen LogP contribution in [0.1, 0.15) is 42.9 Å². The lowest BCUT2D eigenvalue weighted by molar-refractivity contribution is -0.0522. The van der Waals surface area contributed by atoms with E-state index in [0.29, 0.717) is 0 Å². The molecule has 0 bridgehead atoms. The van der Waals surface area contributed by atoms with E-state index in [2.05, 4.69) is 66.7 Å². The van der Waals surface area contributed by atoms with Crippen LogP contribution in [0.3, 0.4) is 0 Å². The third-order valence-electron chi connectivity index (χ3n) is 5.07. The molecule has 136 valence electrons. The Kier molecular flexibility index (Phi) is 5.80. The zero-order valence-corrected chi connectivity index (χ0v) is 15.1. The summed E-state index contributed by atoms with van der Waals surface area (Å²) in [5.41, 5.74) is 3.93. The van der Waals surface area contributed by atoms with Gasteiger partial charge in [-0.2, -0.15) is 0 Å². The van der Waals surface area contributed by atoms with Gasteiger partial charge >= 0.3 is 0 Å². The van der Waals surface area contributed by atoms with Crippen molar-refractivity contribution < 1.29 is 14.2 Å². The first-order valence-corrected chi connectivity index (χ1v) is 9.58. The normalized spacial score (nSPS) is 23.8. The molecule has 3 nitrogen and oxygen atoms in total. The summed E-state index contributed by atoms with van der Waals surface area (Å²) in [5, 5.41) is 0. The van der Waals surface area contributed by atoms with Crippen molar-refractivity contribution in [3.8, 4) is 0 Å². The maximum absolute atomic E-state index is 6.43. The molecule has 2 aliphatic rings. The topological polar surface area (TPSA) is 27.7 Å². The summed E-state index contributed by atoms with van der Waals surface area (Å²) in [4.78, 5) is 0. The van der Waals surface area contributed by atoms with Gasteiger partial charge in [0.15, 0.2) is 6.29 Å². The number of rotatable bonds is 6. The summed E-state index contributed by atoms with van der Waals surface area (Å²) in [6.45, 7) is 1.44. The van der Waals surface area contributed by atoms with E-state index in [-0.39, 0.29) is 18.5 Å². The fourth-order valence-corrected chi connectivity index (χ4v) is 3.73. The van der Waals surface area contributed by atoms with Gasteiger partial charge in [-0.3, -0.25) is 0 Å². The third-order valence-corrected chi connectivity index (χ3v) is 5.07. The van der Waals surface area contributed by atoms with E-state index in [0.717, 1.165) is 38.9 Å². The molecular formula is C23H26O3. The molecule has 0 amide bonds. The number of benzene rings is 2. The van der Waals surface area contributed by atoms with Crippen LogP contribution in [0.25, 0.3) is 5.57 Å². The highest BCUT2D eigenvalue weighted by Crippen LogP contribution is 2.37. The van der Waals surface area contributed by atoms with Crippen molar-refractivity contribution >= 4 is 5.57 Å². The average Bonchev–Trinajstić information content (AvgIpc) is 3.23. The van der Waals surface area contributed by atoms with Gasteiger partial charge in [-0.15, -0.1) is 0 Å². The molecule has 2 atom stereocenters. The largest absolute Gasteiger partial charge is 0.366 e. The second-order valence-electron chi connectivity index (χ2n) is 6.94. The lowest BCUT2D eigenvalue weighted by Crippen LogP contribution is -2.21. The minimum absolute atomic E-state index is 0.0268. The van der Waals surface area contributed by atoms with Crippen molar-refractivity contribution in [1.82, 2.24) is 0 Å². The van der Waals surface area contributed by atoms with Gasteiger partial charge in [0.25, 0.3) is 0 Å². The third kappa shape index (κ3) is 4.42. The van der Waals surface area contributed by atoms with Gasteiger partial charge in [0, 0.05) is 6.42 Å². The highest BCUT2D eigenvalue weighted by molar-refractivity contribution is 5.67. The fourth-order valence-electron chi connectivity index (χ4n) is 3.73. The van der Waals surface area contributed by atoms with Crippen molar-refractivity contribution in [2.45, 2.75) is 44.2 Å². The smallest absolute Gasteiger partial charge is 0.157 e. The Bertz CT molecular complexity index is 705. The van der Waals surface area contributed by atoms with E-state index in [1.54, 1.807) is 0 Å². The molecule has 0 saturated carbocycles. The van der Waals surface area contributed by atoms with Crippen molar-refractivity contribution in [3.63, 3.8) is 0 Å². The van der Waals surface area contributed by atoms with Crippen LogP contribution < -0.4 is 0 Å². The van der Waals surface area contributed by atoms with Gasteiger partial charge in [-0.25, -0.2) is 0 Å². The molecule has 0 aromatic heterocycles. The van der Waals surface area contributed by atoms with Gasteiger partial charge in [0.05, 0.1) is 25.4 Å². The lowest BCUT2D eigenvalue weighted by Gasteiger charge is -2.30. The van der Waals surface area contributed by atoms with Crippen molar-refractivity contribution in [1.29, 1.82) is 0 Å². The van der Waals surface area contributed by atoms with Crippen LogP contribution in [0.5, 0.6) is 0 Å². The first kappa shape index (κ1) is 17.5. The van der Waals surface area contributed by atoms with Gasteiger partial charge in [-0.1, -0.05) is 66.7 Å². The fraction of sp³-hybridized carbons (Fsp3) is 0.391. The molecule has 0 N–H and O–H groups in total. The first-order chi connectivity index (χ1) is 12.9. The molecular weight excluding hydrogens is 324 g/mol. The van der Waals surface area contributed by atoms with E-state index in [1.807, 2.05) is 0 Å². The van der Waals surface area contributed by atoms with Crippen LogP contribution in [0, 0.1) is 0 Å². The second-order valence-corrected chi connectivity index (χ2v) is 6.94. The van der Waals surface area contributed by atoms with Gasteiger partial charge < -0.3 is 14.2 Å². The molecule has 3 heteroatoms. The zero-order valence-electron chi connectivity index (χ0n) is 15.1. The van der Waals surface area contributed by atoms with Gasteiger partial charge in [-0.05, 0) is 36.0 Å². The van der Waals surface area contributed by atoms with E-state index >= 15 is 0 Å². The Hall–Kier alpha value is -1.94. The SMILES string of the molecule is C1=C(c2ccccc2)CC(c2ccccc2)OC1CCCC1OCCO1. The standard InChI is InChI=1S/C23H26O3/c1-3-8-18(9-4-1)20-16-21(12-7-13-23-24-14-15-25-23)26-22(17-20)19-10-5-2-6-11-19/h1-6,8-11,16,21-23H,7,12-15,17H2. The van der Waals surface area contributed by atoms with Crippen LogP contribution in [0.4, 0.5) is 0 Å². The summed E-state index contributed by atoms with van der Waals surface area (Å²) in [7, 11) is 0. The minimum Gasteiger partial charge on any atom is -0.366 e. The lowest BCUT2D eigenvalue weighted by atomic mass is 9.91. The summed E-state index contributed by atoms with van der Waals surface area (Å²) in [6.07, 6.45) is 6.40. The second kappa shape index (κ2) is 8.63. The maximum atomic E-state index is 6.43. The molecule has 2 aromatic carbocycles. The van der Waals surface area contributed by atoms with Gasteiger partial charge in [0.1, 0.15) is 0 Å². The van der Waals surface area contributed by atoms with Crippen LogP contribution in [0.2, 0.25) is 0 Å². The molecule has 1 saturated heterocycles. The summed E-state index contributed by atoms with van der Waals surface area (Å²) in [5.74, 6) is 0. The Morgan fingerprint density at radius 1 is 0.808 bits per heavy atom. The van der Waals surface area contributed by atoms with Crippen molar-refractivity contribution in [3.05, 3.63) is 77.9 Å². The maximum Gasteiger partial charge on any atom is 0.157 e. The molecule has 4 rings (SSSR count). The number of ether oxygens (including phenoxy) is 3. The summed E-state index contributed by atoms with van der Waals surface area (Å²) in [6, 6.07) is 21.2. The molecule has 0 aliphatic carbocycles. The monoisotopic (exact) mass is 350 g/mol. The molecule has 2 heterocycles. The molecule has 0 spiro atoms. The summed E-state index contributed by atoms with van der Waals surface area (Å²) < 4.78 is 17.5. The zero-order chi connectivity index (χ0) is 17.6. The van der Waals surface area contributed by atoms with Crippen LogP contribution in [-0.2, 0) is 14.2 Å². The van der Waals surface area contributed by atoms with Crippen LogP contribution in [0.15, 0.2) is 66.7 Å². The number of hydrogen-bond acceptors (Lipinski definition) is 3. The Balaban J connectivity index is 1.47. The van der Waals surface area contributed by atoms with Crippen molar-refractivity contribution in [2.75, 3.05) is 13.2 Å². The summed E-state index contributed by atoms with van der Waals surface area (Å²) >= 11 is 0. The quantitative estimate of drug-likeness (QED) is 0.722. The predicted octanol–water partition coefficient (Wildman–Crippen LogP) is 5.14. The molecule has 26 heavy (non-hydrogen) atoms. The van der Waals surface area contributed by atoms with E-state index in [1.165, 1.54) is 16.7 Å². The van der Waals surface area contributed by atoms with Gasteiger partial charge in [0.2, 0.25) is 0 Å². The Morgan fingerprint density at radius 3 is 2.23 bits per heavy atom. The van der Waals surface area contributed by atoms with Crippen LogP contribution in [-0.4, -0.2) is 25.6 Å². The number of hydrogen-bond donors (Lipinski definition) is 0. The van der Waals surface area contributed by atoms with E-state index < -0.39 is 0 Å². The van der Waals surface area contributed by atoms with E-state index in [4.69, 9.17) is 14.2 Å². The molecule has 2 unspecified atom stereocenters. The first-order valence-electron chi connectivity index (χ1n) is 9.58. The molecule has 2 aliphatic heterocycles. The van der Waals surface area contributed by atoms with Crippen molar-refractivity contribution in [2.24, 2.45) is 0 Å². The minimum atomic E-state index is -0.0268. The highest BCUT2D eigenvalue weighted by atomic mass is 16.7. The van der Waals surface area contributed by atoms with E-state index in [9.17, 15) is 0 Å². The highest BCUT2D eigenvalue weighted by Gasteiger charge is 2.25. The molecule has 2 aromatic rings. The Labute approximate surface area is 155 Å². The average molecular weight is 350 g/mol.